The summed E-state index contributed by atoms with van der Waals surface area (Å²) in [7, 11) is 0. The Labute approximate surface area is 213 Å². The summed E-state index contributed by atoms with van der Waals surface area (Å²) >= 11 is 0. The minimum atomic E-state index is -2.33. The van der Waals surface area contributed by atoms with Gasteiger partial charge in [0.25, 0.3) is 0 Å². The summed E-state index contributed by atoms with van der Waals surface area (Å²) in [4.78, 5) is 13.8. The van der Waals surface area contributed by atoms with Gasteiger partial charge in [-0.05, 0) is 39.7 Å². The molecule has 174 valence electrons. The molecule has 5 aromatic carbocycles. The number of Topliss-reactive ketones (excluding diaryl/α,β-unsaturated/α-hetero) is 1. The van der Waals surface area contributed by atoms with Crippen LogP contribution in [0.2, 0.25) is 0 Å². The van der Waals surface area contributed by atoms with E-state index in [9.17, 15) is 4.79 Å². The lowest BCUT2D eigenvalue weighted by molar-refractivity contribution is 0.107. The van der Waals surface area contributed by atoms with E-state index < -0.39 is 6.89 Å². The van der Waals surface area contributed by atoms with E-state index in [1.807, 2.05) is 66.5 Å². The first-order chi connectivity index (χ1) is 17.8. The fourth-order valence-corrected chi connectivity index (χ4v) is 8.20. The summed E-state index contributed by atoms with van der Waals surface area (Å²) in [6.45, 7) is -2.33. The number of rotatable bonds is 7. The second-order valence-electron chi connectivity index (χ2n) is 8.59. The fraction of sp³-hybridized carbons (Fsp3) is 0. The van der Waals surface area contributed by atoms with E-state index in [1.165, 1.54) is 0 Å². The van der Waals surface area contributed by atoms with Gasteiger partial charge in [0.05, 0.1) is 0 Å². The highest BCUT2D eigenvalue weighted by Crippen LogP contribution is 2.43. The van der Waals surface area contributed by atoms with E-state index in [2.05, 4.69) is 97.1 Å². The van der Waals surface area contributed by atoms with Crippen molar-refractivity contribution < 1.29 is 4.79 Å². The van der Waals surface area contributed by atoms with Crippen molar-refractivity contribution in [1.82, 2.24) is 0 Å². The van der Waals surface area contributed by atoms with Gasteiger partial charge in [-0.25, -0.2) is 0 Å². The molecule has 0 aromatic heterocycles. The van der Waals surface area contributed by atoms with Crippen LogP contribution in [0.5, 0.6) is 0 Å². The summed E-state index contributed by atoms with van der Waals surface area (Å²) in [5, 5.41) is 3.49. The standard InChI is InChI=1S/C34H27OP/c35-34(30-25-23-29(24-26-30)22-21-28-13-5-1-6-14-28)27-36(31-15-7-2-8-16-31,32-17-9-3-10-18-32)33-19-11-4-12-20-33/h1-27H/b22-21+. The SMILES string of the molecule is O=C(C=P(c1ccccc1)(c1ccccc1)c1ccccc1)c1ccc(/C=C/c2ccccc2)cc1. The minimum Gasteiger partial charge on any atom is -0.289 e. The van der Waals surface area contributed by atoms with Crippen molar-refractivity contribution in [3.8, 4) is 0 Å². The number of benzene rings is 5. The lowest BCUT2D eigenvalue weighted by atomic mass is 10.1. The number of carbonyl (C=O) groups is 1. The van der Waals surface area contributed by atoms with Gasteiger partial charge in [-0.1, -0.05) is 158 Å². The molecule has 5 rings (SSSR count). The zero-order valence-corrected chi connectivity index (χ0v) is 20.8. The predicted octanol–water partition coefficient (Wildman–Crippen LogP) is 6.84. The molecule has 0 aliphatic rings. The van der Waals surface area contributed by atoms with Gasteiger partial charge < -0.3 is 0 Å². The molecule has 0 amide bonds. The molecule has 36 heavy (non-hydrogen) atoms. The number of ketones is 1. The van der Waals surface area contributed by atoms with Crippen LogP contribution in [0.25, 0.3) is 12.2 Å². The van der Waals surface area contributed by atoms with Crippen molar-refractivity contribution in [2.24, 2.45) is 0 Å². The summed E-state index contributed by atoms with van der Waals surface area (Å²) < 4.78 is 0. The van der Waals surface area contributed by atoms with Crippen molar-refractivity contribution in [1.29, 1.82) is 0 Å². The Morgan fingerprint density at radius 3 is 1.22 bits per heavy atom. The maximum Gasteiger partial charge on any atom is 0.186 e. The van der Waals surface area contributed by atoms with Gasteiger partial charge in [-0.3, -0.25) is 4.79 Å². The minimum absolute atomic E-state index is 0.0403. The van der Waals surface area contributed by atoms with Crippen LogP contribution < -0.4 is 15.9 Å². The van der Waals surface area contributed by atoms with Crippen LogP contribution >= 0.6 is 6.89 Å². The molecular formula is C34H27OP. The maximum absolute atomic E-state index is 13.8. The Hall–Kier alpha value is -4.19. The zero-order valence-electron chi connectivity index (χ0n) is 19.9. The van der Waals surface area contributed by atoms with Crippen LogP contribution in [0.15, 0.2) is 146 Å². The average Bonchev–Trinajstić information content (AvgIpc) is 2.97. The monoisotopic (exact) mass is 482 g/mol. The third-order valence-corrected chi connectivity index (χ3v) is 10.2. The van der Waals surface area contributed by atoms with E-state index in [4.69, 9.17) is 0 Å². The second-order valence-corrected chi connectivity index (χ2v) is 11.8. The van der Waals surface area contributed by atoms with Gasteiger partial charge in [0.1, 0.15) is 0 Å². The van der Waals surface area contributed by atoms with Crippen molar-refractivity contribution in [3.63, 3.8) is 0 Å². The van der Waals surface area contributed by atoms with Gasteiger partial charge in [-0.2, -0.15) is 0 Å². The lowest BCUT2D eigenvalue weighted by Crippen LogP contribution is -2.28. The summed E-state index contributed by atoms with van der Waals surface area (Å²) in [5.41, 5.74) is 2.90. The Morgan fingerprint density at radius 2 is 0.806 bits per heavy atom. The third-order valence-electron chi connectivity index (χ3n) is 6.26. The molecule has 0 radical (unpaired) electrons. The first kappa shape index (κ1) is 23.5. The van der Waals surface area contributed by atoms with E-state index in [0.29, 0.717) is 5.56 Å². The highest BCUT2D eigenvalue weighted by atomic mass is 31.2. The van der Waals surface area contributed by atoms with Crippen molar-refractivity contribution in [3.05, 3.63) is 162 Å². The van der Waals surface area contributed by atoms with Gasteiger partial charge in [0.15, 0.2) is 5.78 Å². The molecule has 0 atom stereocenters. The summed E-state index contributed by atoms with van der Waals surface area (Å²) in [6.07, 6.45) is 4.15. The van der Waals surface area contributed by atoms with E-state index in [-0.39, 0.29) is 5.78 Å². The summed E-state index contributed by atoms with van der Waals surface area (Å²) in [6, 6.07) is 49.4. The van der Waals surface area contributed by atoms with Crippen molar-refractivity contribution in [2.45, 2.75) is 0 Å². The van der Waals surface area contributed by atoms with Crippen molar-refractivity contribution >= 4 is 46.5 Å². The smallest absolute Gasteiger partial charge is 0.186 e. The Bertz CT molecular complexity index is 1400. The van der Waals surface area contributed by atoms with Gasteiger partial charge in [0, 0.05) is 5.56 Å². The molecule has 0 saturated heterocycles. The van der Waals surface area contributed by atoms with Crippen LogP contribution in [-0.2, 0) is 0 Å². The van der Waals surface area contributed by atoms with Crippen molar-refractivity contribution in [2.75, 3.05) is 0 Å². The Kier molecular flexibility index (Phi) is 7.22. The number of hydrogen-bond donors (Lipinski definition) is 0. The maximum atomic E-state index is 13.8. The first-order valence-corrected chi connectivity index (χ1v) is 13.9. The highest BCUT2D eigenvalue weighted by molar-refractivity contribution is 7.95. The molecule has 5 aromatic rings. The van der Waals surface area contributed by atoms with E-state index >= 15 is 0 Å². The van der Waals surface area contributed by atoms with E-state index in [0.717, 1.165) is 27.0 Å². The van der Waals surface area contributed by atoms with Gasteiger partial charge in [-0.15, -0.1) is 0 Å². The molecule has 2 heteroatoms. The van der Waals surface area contributed by atoms with Crippen LogP contribution in [0.4, 0.5) is 0 Å². The van der Waals surface area contributed by atoms with Gasteiger partial charge >= 0.3 is 0 Å². The molecule has 0 N–H and O–H groups in total. The normalized spacial score (nSPS) is 11.3. The molecule has 0 aliphatic carbocycles. The third kappa shape index (κ3) is 5.08. The van der Waals surface area contributed by atoms with Gasteiger partial charge in [0.2, 0.25) is 0 Å². The van der Waals surface area contributed by atoms with Crippen LogP contribution in [0.3, 0.4) is 0 Å². The molecule has 0 saturated carbocycles. The lowest BCUT2D eigenvalue weighted by Gasteiger charge is -2.28. The first-order valence-electron chi connectivity index (χ1n) is 12.0. The molecule has 0 aliphatic heterocycles. The zero-order chi connectivity index (χ0) is 24.6. The van der Waals surface area contributed by atoms with Crippen LogP contribution in [0.1, 0.15) is 21.5 Å². The molecule has 0 fully saturated rings. The topological polar surface area (TPSA) is 17.1 Å². The number of carbonyl (C=O) groups excluding carboxylic acids is 1. The molecule has 0 unspecified atom stereocenters. The Morgan fingerprint density at radius 1 is 0.444 bits per heavy atom. The highest BCUT2D eigenvalue weighted by Gasteiger charge is 2.26. The molecule has 0 heterocycles. The molecule has 0 bridgehead atoms. The summed E-state index contributed by atoms with van der Waals surface area (Å²) in [5.74, 6) is 2.03. The quantitative estimate of drug-likeness (QED) is 0.141. The van der Waals surface area contributed by atoms with Crippen LogP contribution in [-0.4, -0.2) is 11.6 Å². The molecule has 1 nitrogen and oxygen atoms in total. The fourth-order valence-electron chi connectivity index (χ4n) is 4.43. The second kappa shape index (κ2) is 11.0. The molecular weight excluding hydrogens is 455 g/mol. The largest absolute Gasteiger partial charge is 0.289 e. The average molecular weight is 483 g/mol. The number of hydrogen-bond acceptors (Lipinski definition) is 1. The predicted molar refractivity (Wildman–Crippen MR) is 157 cm³/mol. The molecule has 0 spiro atoms. The van der Waals surface area contributed by atoms with E-state index in [1.54, 1.807) is 0 Å². The van der Waals surface area contributed by atoms with Crippen LogP contribution in [0, 0.1) is 0 Å². The Balaban J connectivity index is 1.60.